The average molecular weight is 570 g/mol. The second-order valence-corrected chi connectivity index (χ2v) is 9.04. The normalized spacial score (nSPS) is 10.4. The van der Waals surface area contributed by atoms with E-state index < -0.39 is 18.5 Å². The van der Waals surface area contributed by atoms with Crippen LogP contribution in [0.1, 0.15) is 19.3 Å². The molecule has 3 aromatic carbocycles. The molecule has 0 spiro atoms. The van der Waals surface area contributed by atoms with Crippen molar-refractivity contribution in [2.24, 2.45) is 0 Å². The quantitative estimate of drug-likeness (QED) is 0.248. The molecule has 0 atom stereocenters. The number of benzene rings is 3. The summed E-state index contributed by atoms with van der Waals surface area (Å²) in [4.78, 5) is 36.0. The predicted molar refractivity (Wildman–Crippen MR) is 142 cm³/mol. The lowest BCUT2D eigenvalue weighted by Gasteiger charge is -2.10. The van der Waals surface area contributed by atoms with E-state index in [1.165, 1.54) is 0 Å². The number of hydrogen-bond donors (Lipinski definition) is 2. The zero-order valence-corrected chi connectivity index (χ0v) is 21.7. The maximum atomic E-state index is 12.2. The summed E-state index contributed by atoms with van der Waals surface area (Å²) in [5, 5.41) is 6.61. The second kappa shape index (κ2) is 13.4. The zero-order chi connectivity index (χ0) is 26.1. The topological polar surface area (TPSA) is 93.7 Å². The van der Waals surface area contributed by atoms with Crippen molar-refractivity contribution in [1.82, 2.24) is 0 Å². The summed E-state index contributed by atoms with van der Waals surface area (Å²) in [6.45, 7) is -0.483. The van der Waals surface area contributed by atoms with Crippen molar-refractivity contribution in [3.63, 3.8) is 0 Å². The second-order valence-electron chi connectivity index (χ2n) is 7.41. The SMILES string of the molecule is O=C(CCCC(=O)OCC(=O)Nc1cccc(Cl)c1Cl)Nc1ccc(Oc2ccc(Cl)cc2Cl)cc1. The summed E-state index contributed by atoms with van der Waals surface area (Å²) in [6.07, 6.45) is 0.327. The molecule has 0 radical (unpaired) electrons. The fourth-order valence-corrected chi connectivity index (χ4v) is 3.71. The zero-order valence-electron chi connectivity index (χ0n) is 18.7. The largest absolute Gasteiger partial charge is 0.456 e. The van der Waals surface area contributed by atoms with E-state index in [1.807, 2.05) is 0 Å². The number of esters is 1. The standard InChI is InChI=1S/C25H20Cl4N2O5/c26-15-7-12-21(19(28)13-15)36-17-10-8-16(9-11-17)30-22(32)5-2-6-24(34)35-14-23(33)31-20-4-1-3-18(27)25(20)29/h1,3-4,7-13H,2,5-6,14H2,(H,30,32)(H,31,33). The number of nitrogens with one attached hydrogen (secondary N) is 2. The lowest BCUT2D eigenvalue weighted by atomic mass is 10.2. The van der Waals surface area contributed by atoms with E-state index in [4.69, 9.17) is 55.9 Å². The number of rotatable bonds is 10. The van der Waals surface area contributed by atoms with Gasteiger partial charge in [-0.05, 0) is 61.0 Å². The Labute approximate surface area is 227 Å². The fraction of sp³-hybridized carbons (Fsp3) is 0.160. The van der Waals surface area contributed by atoms with Crippen LogP contribution in [-0.2, 0) is 19.1 Å². The Morgan fingerprint density at radius 3 is 2.25 bits per heavy atom. The molecule has 3 aromatic rings. The fourth-order valence-electron chi connectivity index (χ4n) is 2.91. The van der Waals surface area contributed by atoms with Crippen LogP contribution in [0.3, 0.4) is 0 Å². The van der Waals surface area contributed by atoms with Crippen LogP contribution in [0.5, 0.6) is 11.5 Å². The van der Waals surface area contributed by atoms with Gasteiger partial charge < -0.3 is 20.1 Å². The van der Waals surface area contributed by atoms with Gasteiger partial charge in [0.25, 0.3) is 5.91 Å². The Morgan fingerprint density at radius 1 is 0.778 bits per heavy atom. The molecule has 36 heavy (non-hydrogen) atoms. The van der Waals surface area contributed by atoms with E-state index in [2.05, 4.69) is 10.6 Å². The van der Waals surface area contributed by atoms with Crippen molar-refractivity contribution in [2.45, 2.75) is 19.3 Å². The molecule has 0 aromatic heterocycles. The maximum absolute atomic E-state index is 12.2. The van der Waals surface area contributed by atoms with Crippen molar-refractivity contribution in [2.75, 3.05) is 17.2 Å². The molecule has 0 bridgehead atoms. The van der Waals surface area contributed by atoms with Gasteiger partial charge in [-0.15, -0.1) is 0 Å². The van der Waals surface area contributed by atoms with E-state index in [9.17, 15) is 14.4 Å². The van der Waals surface area contributed by atoms with E-state index in [-0.39, 0.29) is 35.2 Å². The molecule has 0 aliphatic heterocycles. The van der Waals surface area contributed by atoms with Crippen molar-refractivity contribution in [3.8, 4) is 11.5 Å². The summed E-state index contributed by atoms with van der Waals surface area (Å²) in [5.41, 5.74) is 0.878. The minimum atomic E-state index is -0.600. The first-order valence-electron chi connectivity index (χ1n) is 10.6. The van der Waals surface area contributed by atoms with Gasteiger partial charge in [0.2, 0.25) is 5.91 Å². The van der Waals surface area contributed by atoms with E-state index >= 15 is 0 Å². The molecule has 0 aliphatic carbocycles. The molecule has 0 saturated carbocycles. The minimum absolute atomic E-state index is 0.0206. The Hall–Kier alpha value is -2.97. The molecule has 188 valence electrons. The van der Waals surface area contributed by atoms with Crippen LogP contribution < -0.4 is 15.4 Å². The number of halogens is 4. The number of carbonyl (C=O) groups is 3. The number of amides is 2. The first-order valence-corrected chi connectivity index (χ1v) is 12.1. The first-order chi connectivity index (χ1) is 17.2. The van der Waals surface area contributed by atoms with Gasteiger partial charge in [-0.2, -0.15) is 0 Å². The van der Waals surface area contributed by atoms with Crippen molar-refractivity contribution >= 4 is 75.6 Å². The van der Waals surface area contributed by atoms with Crippen molar-refractivity contribution < 1.29 is 23.9 Å². The Bertz CT molecular complexity index is 1250. The predicted octanol–water partition coefficient (Wildman–Crippen LogP) is 7.38. The summed E-state index contributed by atoms with van der Waals surface area (Å²) in [6, 6.07) is 16.4. The molecular weight excluding hydrogens is 550 g/mol. The van der Waals surface area contributed by atoms with Crippen LogP contribution in [0.25, 0.3) is 0 Å². The Balaban J connectivity index is 1.35. The number of carbonyl (C=O) groups excluding carboxylic acids is 3. The average Bonchev–Trinajstić information content (AvgIpc) is 2.83. The highest BCUT2D eigenvalue weighted by Crippen LogP contribution is 2.32. The minimum Gasteiger partial charge on any atom is -0.456 e. The molecule has 11 heteroatoms. The van der Waals surface area contributed by atoms with Crippen LogP contribution in [0.4, 0.5) is 11.4 Å². The first kappa shape index (κ1) is 27.6. The van der Waals surface area contributed by atoms with Crippen LogP contribution in [-0.4, -0.2) is 24.4 Å². The maximum Gasteiger partial charge on any atom is 0.306 e. The molecule has 2 amide bonds. The molecule has 2 N–H and O–H groups in total. The van der Waals surface area contributed by atoms with E-state index in [0.29, 0.717) is 32.9 Å². The molecule has 0 heterocycles. The Kier molecular flexibility index (Phi) is 10.3. The van der Waals surface area contributed by atoms with Gasteiger partial charge >= 0.3 is 5.97 Å². The monoisotopic (exact) mass is 568 g/mol. The third kappa shape index (κ3) is 8.60. The van der Waals surface area contributed by atoms with Gasteiger partial charge in [0, 0.05) is 23.6 Å². The van der Waals surface area contributed by atoms with E-state index in [0.717, 1.165) is 0 Å². The molecule has 3 rings (SSSR count). The summed E-state index contributed by atoms with van der Waals surface area (Å²) >= 11 is 23.9. The smallest absolute Gasteiger partial charge is 0.306 e. The summed E-state index contributed by atoms with van der Waals surface area (Å²) < 4.78 is 10.6. The van der Waals surface area contributed by atoms with Crippen LogP contribution in [0.2, 0.25) is 20.1 Å². The van der Waals surface area contributed by atoms with Gasteiger partial charge in [0.15, 0.2) is 6.61 Å². The molecule has 0 unspecified atom stereocenters. The molecule has 0 aliphatic rings. The van der Waals surface area contributed by atoms with E-state index in [1.54, 1.807) is 60.7 Å². The van der Waals surface area contributed by atoms with Crippen molar-refractivity contribution in [3.05, 3.63) is 80.8 Å². The number of hydrogen-bond acceptors (Lipinski definition) is 5. The highest BCUT2D eigenvalue weighted by atomic mass is 35.5. The van der Waals surface area contributed by atoms with Crippen LogP contribution in [0.15, 0.2) is 60.7 Å². The highest BCUT2D eigenvalue weighted by molar-refractivity contribution is 6.44. The molecule has 0 saturated heterocycles. The van der Waals surface area contributed by atoms with Crippen LogP contribution >= 0.6 is 46.4 Å². The van der Waals surface area contributed by atoms with Crippen LogP contribution in [0, 0.1) is 0 Å². The third-order valence-corrected chi connectivity index (χ3v) is 5.98. The number of ether oxygens (including phenoxy) is 2. The van der Waals surface area contributed by atoms with Gasteiger partial charge in [-0.25, -0.2) is 0 Å². The van der Waals surface area contributed by atoms with Gasteiger partial charge in [0.05, 0.1) is 20.8 Å². The molecule has 0 fully saturated rings. The van der Waals surface area contributed by atoms with Crippen molar-refractivity contribution in [1.29, 1.82) is 0 Å². The lowest BCUT2D eigenvalue weighted by molar-refractivity contribution is -0.147. The number of anilines is 2. The third-order valence-electron chi connectivity index (χ3n) is 4.63. The van der Waals surface area contributed by atoms with Gasteiger partial charge in [-0.3, -0.25) is 14.4 Å². The van der Waals surface area contributed by atoms with Gasteiger partial charge in [0.1, 0.15) is 11.5 Å². The highest BCUT2D eigenvalue weighted by Gasteiger charge is 2.12. The Morgan fingerprint density at radius 2 is 1.53 bits per heavy atom. The lowest BCUT2D eigenvalue weighted by Crippen LogP contribution is -2.21. The summed E-state index contributed by atoms with van der Waals surface area (Å²) in [5.74, 6) is -0.448. The summed E-state index contributed by atoms with van der Waals surface area (Å²) in [7, 11) is 0. The molecular formula is C25H20Cl4N2O5. The molecule has 7 nitrogen and oxygen atoms in total. The van der Waals surface area contributed by atoms with Gasteiger partial charge in [-0.1, -0.05) is 52.5 Å².